The van der Waals surface area contributed by atoms with E-state index in [0.717, 1.165) is 27.0 Å². The minimum Gasteiger partial charge on any atom is -0.370 e. The van der Waals surface area contributed by atoms with Crippen LogP contribution in [0.1, 0.15) is 5.56 Å². The zero-order valence-corrected chi connectivity index (χ0v) is 15.8. The predicted octanol–water partition coefficient (Wildman–Crippen LogP) is 3.26. The lowest BCUT2D eigenvalue weighted by molar-refractivity contribution is -0.118. The van der Waals surface area contributed by atoms with Crippen molar-refractivity contribution in [3.8, 4) is 28.6 Å². The van der Waals surface area contributed by atoms with Crippen LogP contribution in [0, 0.1) is 11.3 Å². The van der Waals surface area contributed by atoms with Crippen molar-refractivity contribution in [2.24, 2.45) is 16.5 Å². The summed E-state index contributed by atoms with van der Waals surface area (Å²) in [7, 11) is 0. The van der Waals surface area contributed by atoms with E-state index in [1.165, 1.54) is 0 Å². The van der Waals surface area contributed by atoms with Crippen LogP contribution < -0.4 is 11.5 Å². The van der Waals surface area contributed by atoms with Gasteiger partial charge in [0.05, 0.1) is 11.6 Å². The highest BCUT2D eigenvalue weighted by molar-refractivity contribution is 9.10. The zero-order valence-electron chi connectivity index (χ0n) is 14.3. The van der Waals surface area contributed by atoms with Crippen molar-refractivity contribution in [3.63, 3.8) is 0 Å². The van der Waals surface area contributed by atoms with Crippen molar-refractivity contribution < 1.29 is 4.79 Å². The number of carbonyl (C=O) groups excluding carboxylic acids is 1. The Morgan fingerprint density at radius 3 is 2.26 bits per heavy atom. The highest BCUT2D eigenvalue weighted by Gasteiger charge is 2.15. The maximum absolute atomic E-state index is 12.2. The second-order valence-electron chi connectivity index (χ2n) is 5.82. The molecular formula is C20H16BrN5O. The molecule has 0 atom stereocenters. The van der Waals surface area contributed by atoms with Gasteiger partial charge in [0.15, 0.2) is 5.96 Å². The topological polar surface area (TPSA) is 110 Å². The van der Waals surface area contributed by atoms with Gasteiger partial charge in [0.1, 0.15) is 6.54 Å². The number of nitriles is 1. The number of carbonyl (C=O) groups is 1. The van der Waals surface area contributed by atoms with Gasteiger partial charge in [0, 0.05) is 15.9 Å². The third kappa shape index (κ3) is 4.25. The molecule has 0 saturated heterocycles. The molecule has 0 spiro atoms. The monoisotopic (exact) mass is 421 g/mol. The van der Waals surface area contributed by atoms with Crippen molar-refractivity contribution in [3.05, 3.63) is 70.7 Å². The normalized spacial score (nSPS) is 10.2. The van der Waals surface area contributed by atoms with E-state index in [1.807, 2.05) is 53.1 Å². The summed E-state index contributed by atoms with van der Waals surface area (Å²) in [5.41, 5.74) is 14.6. The first-order valence-electron chi connectivity index (χ1n) is 8.06. The van der Waals surface area contributed by atoms with E-state index in [2.05, 4.69) is 27.0 Å². The lowest BCUT2D eigenvalue weighted by Crippen LogP contribution is -2.25. The maximum atomic E-state index is 12.2. The molecular weight excluding hydrogens is 406 g/mol. The Bertz CT molecular complexity index is 1070. The van der Waals surface area contributed by atoms with Gasteiger partial charge in [0.2, 0.25) is 0 Å². The molecule has 134 valence electrons. The van der Waals surface area contributed by atoms with Crippen LogP contribution >= 0.6 is 15.9 Å². The van der Waals surface area contributed by atoms with Gasteiger partial charge in [-0.25, -0.2) is 0 Å². The van der Waals surface area contributed by atoms with Crippen LogP contribution in [-0.2, 0) is 11.3 Å². The maximum Gasteiger partial charge on any atom is 0.268 e. The third-order valence-electron chi connectivity index (χ3n) is 3.94. The van der Waals surface area contributed by atoms with Crippen molar-refractivity contribution in [1.82, 2.24) is 4.57 Å². The Labute approximate surface area is 164 Å². The Morgan fingerprint density at radius 2 is 1.67 bits per heavy atom. The van der Waals surface area contributed by atoms with Gasteiger partial charge in [-0.15, -0.1) is 0 Å². The summed E-state index contributed by atoms with van der Waals surface area (Å²) in [6.45, 7) is -0.0289. The van der Waals surface area contributed by atoms with E-state index in [4.69, 9.17) is 11.5 Å². The molecule has 3 rings (SSSR count). The average molecular weight is 422 g/mol. The first kappa shape index (κ1) is 18.4. The minimum atomic E-state index is -0.458. The number of rotatable bonds is 4. The van der Waals surface area contributed by atoms with E-state index < -0.39 is 5.91 Å². The SMILES string of the molecule is N#Cc1cccc(-c2ccc(-c3cccc(Br)c3)n2CC(=O)N=C(N)N)c1. The third-order valence-corrected chi connectivity index (χ3v) is 4.43. The van der Waals surface area contributed by atoms with Crippen LogP contribution in [0.2, 0.25) is 0 Å². The molecule has 6 nitrogen and oxygen atoms in total. The van der Waals surface area contributed by atoms with Crippen LogP contribution in [0.3, 0.4) is 0 Å². The molecule has 7 heteroatoms. The summed E-state index contributed by atoms with van der Waals surface area (Å²) >= 11 is 3.47. The number of nitrogens with two attached hydrogens (primary N) is 2. The van der Waals surface area contributed by atoms with Crippen LogP contribution in [0.25, 0.3) is 22.5 Å². The molecule has 0 saturated carbocycles. The summed E-state index contributed by atoms with van der Waals surface area (Å²) < 4.78 is 2.77. The van der Waals surface area contributed by atoms with Crippen LogP contribution in [-0.4, -0.2) is 16.4 Å². The lowest BCUT2D eigenvalue weighted by atomic mass is 10.1. The number of guanidine groups is 1. The number of nitrogens with zero attached hydrogens (tertiary/aromatic N) is 3. The van der Waals surface area contributed by atoms with Gasteiger partial charge in [-0.2, -0.15) is 10.3 Å². The summed E-state index contributed by atoms with van der Waals surface area (Å²) in [6, 6.07) is 21.0. The van der Waals surface area contributed by atoms with E-state index in [-0.39, 0.29) is 12.5 Å². The second kappa shape index (κ2) is 7.89. The van der Waals surface area contributed by atoms with E-state index in [9.17, 15) is 10.1 Å². The number of hydrogen-bond acceptors (Lipinski definition) is 2. The molecule has 0 bridgehead atoms. The van der Waals surface area contributed by atoms with Gasteiger partial charge < -0.3 is 16.0 Å². The molecule has 1 amide bonds. The molecule has 0 aliphatic rings. The van der Waals surface area contributed by atoms with Crippen LogP contribution in [0.4, 0.5) is 0 Å². The van der Waals surface area contributed by atoms with Gasteiger partial charge >= 0.3 is 0 Å². The fourth-order valence-corrected chi connectivity index (χ4v) is 3.25. The predicted molar refractivity (Wildman–Crippen MR) is 109 cm³/mol. The number of aromatic nitrogens is 1. The summed E-state index contributed by atoms with van der Waals surface area (Å²) in [5, 5.41) is 9.17. The van der Waals surface area contributed by atoms with Gasteiger partial charge in [-0.3, -0.25) is 4.79 Å². The van der Waals surface area contributed by atoms with Crippen molar-refractivity contribution in [1.29, 1.82) is 5.26 Å². The second-order valence-corrected chi connectivity index (χ2v) is 6.74. The van der Waals surface area contributed by atoms with Gasteiger partial charge in [-0.1, -0.05) is 40.2 Å². The van der Waals surface area contributed by atoms with Crippen molar-refractivity contribution in [2.45, 2.75) is 6.54 Å². The number of hydrogen-bond donors (Lipinski definition) is 2. The molecule has 2 aromatic carbocycles. The lowest BCUT2D eigenvalue weighted by Gasteiger charge is -2.13. The molecule has 0 radical (unpaired) electrons. The molecule has 0 fully saturated rings. The number of benzene rings is 2. The number of amides is 1. The van der Waals surface area contributed by atoms with Crippen LogP contribution in [0.15, 0.2) is 70.1 Å². The fourth-order valence-electron chi connectivity index (χ4n) is 2.85. The van der Waals surface area contributed by atoms with Gasteiger partial charge in [-0.05, 0) is 47.5 Å². The van der Waals surface area contributed by atoms with Gasteiger partial charge in [0.25, 0.3) is 5.91 Å². The molecule has 1 aromatic heterocycles. The number of halogens is 1. The molecule has 0 aliphatic carbocycles. The Hall–Kier alpha value is -3.37. The van der Waals surface area contributed by atoms with Crippen molar-refractivity contribution in [2.75, 3.05) is 0 Å². The Kier molecular flexibility index (Phi) is 5.38. The molecule has 1 heterocycles. The molecule has 4 N–H and O–H groups in total. The number of aliphatic imine (C=N–C) groups is 1. The van der Waals surface area contributed by atoms with E-state index in [1.54, 1.807) is 12.1 Å². The smallest absolute Gasteiger partial charge is 0.268 e. The summed E-state index contributed by atoms with van der Waals surface area (Å²) in [4.78, 5) is 15.9. The quantitative estimate of drug-likeness (QED) is 0.497. The highest BCUT2D eigenvalue weighted by atomic mass is 79.9. The highest BCUT2D eigenvalue weighted by Crippen LogP contribution is 2.31. The van der Waals surface area contributed by atoms with E-state index in [0.29, 0.717) is 5.56 Å². The average Bonchev–Trinajstić information content (AvgIpc) is 3.04. The Balaban J connectivity index is 2.15. The fraction of sp³-hybridized carbons (Fsp3) is 0.0500. The zero-order chi connectivity index (χ0) is 19.4. The molecule has 0 aliphatic heterocycles. The first-order valence-corrected chi connectivity index (χ1v) is 8.85. The summed E-state index contributed by atoms with van der Waals surface area (Å²) in [5.74, 6) is -0.732. The molecule has 3 aromatic rings. The van der Waals surface area contributed by atoms with Crippen molar-refractivity contribution >= 4 is 27.8 Å². The Morgan fingerprint density at radius 1 is 1.04 bits per heavy atom. The van der Waals surface area contributed by atoms with E-state index >= 15 is 0 Å². The molecule has 27 heavy (non-hydrogen) atoms. The summed E-state index contributed by atoms with van der Waals surface area (Å²) in [6.07, 6.45) is 0. The first-order chi connectivity index (χ1) is 13.0. The minimum absolute atomic E-state index is 0.0289. The standard InChI is InChI=1S/C20H16BrN5O/c21-16-6-2-5-15(10-16)18-8-7-17(14-4-1-3-13(9-14)11-22)26(18)12-19(27)25-20(23)24/h1-10H,12H2,(H4,23,24,25,27). The largest absolute Gasteiger partial charge is 0.370 e. The van der Waals surface area contributed by atoms with Crippen LogP contribution in [0.5, 0.6) is 0 Å². The molecule has 0 unspecified atom stereocenters.